The Labute approximate surface area is 210 Å². The molecule has 0 unspecified atom stereocenters. The van der Waals surface area contributed by atoms with Gasteiger partial charge in [0.05, 0.1) is 5.69 Å². The highest BCUT2D eigenvalue weighted by Crippen LogP contribution is 2.50. The summed E-state index contributed by atoms with van der Waals surface area (Å²) in [5.74, 6) is 3.17. The predicted octanol–water partition coefficient (Wildman–Crippen LogP) is 6.97. The molecule has 0 atom stereocenters. The van der Waals surface area contributed by atoms with Crippen LogP contribution in [0.1, 0.15) is 12.0 Å². The first-order valence-corrected chi connectivity index (χ1v) is 12.9. The van der Waals surface area contributed by atoms with E-state index in [4.69, 9.17) is 9.47 Å². The predicted molar refractivity (Wildman–Crippen MR) is 146 cm³/mol. The minimum Gasteiger partial charge on any atom is -0.449 e. The van der Waals surface area contributed by atoms with E-state index in [1.54, 1.807) is 0 Å². The summed E-state index contributed by atoms with van der Waals surface area (Å²) in [6.45, 7) is 5.20. The topological polar surface area (TPSA) is 40.7 Å². The van der Waals surface area contributed by atoms with E-state index in [-0.39, 0.29) is 0 Å². The molecule has 0 radical (unpaired) electrons. The fourth-order valence-electron chi connectivity index (χ4n) is 5.57. The lowest BCUT2D eigenvalue weighted by Gasteiger charge is -2.37. The van der Waals surface area contributed by atoms with Crippen molar-refractivity contribution in [1.82, 2.24) is 9.88 Å². The van der Waals surface area contributed by atoms with Gasteiger partial charge in [-0.15, -0.1) is 0 Å². The van der Waals surface area contributed by atoms with Crippen molar-refractivity contribution in [2.75, 3.05) is 37.6 Å². The summed E-state index contributed by atoms with van der Waals surface area (Å²) in [7, 11) is 0. The molecule has 1 saturated heterocycles. The van der Waals surface area contributed by atoms with Gasteiger partial charge in [0.15, 0.2) is 23.0 Å². The van der Waals surface area contributed by atoms with Crippen LogP contribution in [-0.4, -0.2) is 42.6 Å². The van der Waals surface area contributed by atoms with E-state index in [1.165, 1.54) is 22.9 Å². The number of piperazine rings is 1. The van der Waals surface area contributed by atoms with Crippen molar-refractivity contribution in [3.8, 4) is 23.0 Å². The summed E-state index contributed by atoms with van der Waals surface area (Å²) in [4.78, 5) is 8.42. The molecule has 0 spiro atoms. The van der Waals surface area contributed by atoms with Crippen LogP contribution in [0.4, 0.5) is 5.69 Å². The maximum atomic E-state index is 6.45. The minimum atomic E-state index is 0.776. The highest BCUT2D eigenvalue weighted by molar-refractivity contribution is 5.87. The third-order valence-corrected chi connectivity index (χ3v) is 7.51. The summed E-state index contributed by atoms with van der Waals surface area (Å²) in [6.07, 6.45) is 4.45. The van der Waals surface area contributed by atoms with Crippen molar-refractivity contribution in [3.63, 3.8) is 0 Å². The number of hydrogen-bond donors (Lipinski definition) is 1. The molecule has 1 N–H and O–H groups in total. The van der Waals surface area contributed by atoms with Gasteiger partial charge in [0.2, 0.25) is 0 Å². The second-order valence-electron chi connectivity index (χ2n) is 9.75. The second kappa shape index (κ2) is 8.92. The van der Waals surface area contributed by atoms with Gasteiger partial charge in [0, 0.05) is 43.3 Å². The van der Waals surface area contributed by atoms with E-state index >= 15 is 0 Å². The fourth-order valence-corrected chi connectivity index (χ4v) is 5.57. The molecule has 0 amide bonds. The molecule has 36 heavy (non-hydrogen) atoms. The van der Waals surface area contributed by atoms with Gasteiger partial charge < -0.3 is 19.4 Å². The first-order valence-electron chi connectivity index (χ1n) is 12.9. The van der Waals surface area contributed by atoms with Crippen molar-refractivity contribution < 1.29 is 9.47 Å². The lowest BCUT2D eigenvalue weighted by Crippen LogP contribution is -2.46. The van der Waals surface area contributed by atoms with E-state index in [2.05, 4.69) is 87.7 Å². The van der Waals surface area contributed by atoms with Gasteiger partial charge in [-0.25, -0.2) is 0 Å². The number of para-hydroxylation sites is 2. The summed E-state index contributed by atoms with van der Waals surface area (Å²) in [5, 5.41) is 3.66. The van der Waals surface area contributed by atoms with E-state index in [9.17, 15) is 0 Å². The SMILES string of the molecule is c1cc2c(c(N3CCN(CCCc4c[nH]c5ccccc45)CC3)c1)Oc1cc3ccccc3cc1O2. The lowest BCUT2D eigenvalue weighted by atomic mass is 10.1. The molecular weight excluding hydrogens is 446 g/mol. The van der Waals surface area contributed by atoms with E-state index in [0.29, 0.717) is 0 Å². The Morgan fingerprint density at radius 2 is 1.47 bits per heavy atom. The number of nitrogens with one attached hydrogen (secondary N) is 1. The molecule has 2 aliphatic rings. The monoisotopic (exact) mass is 475 g/mol. The maximum Gasteiger partial charge on any atom is 0.193 e. The average molecular weight is 476 g/mol. The Morgan fingerprint density at radius 3 is 2.31 bits per heavy atom. The molecule has 0 bridgehead atoms. The Balaban J connectivity index is 1.01. The smallest absolute Gasteiger partial charge is 0.193 e. The van der Waals surface area contributed by atoms with E-state index in [0.717, 1.165) is 78.6 Å². The van der Waals surface area contributed by atoms with Gasteiger partial charge in [-0.3, -0.25) is 4.90 Å². The molecule has 0 aliphatic carbocycles. The Bertz CT molecular complexity index is 1550. The number of benzene rings is 4. The Hall–Kier alpha value is -3.96. The number of aryl methyl sites for hydroxylation is 1. The van der Waals surface area contributed by atoms with Crippen molar-refractivity contribution in [2.24, 2.45) is 0 Å². The van der Waals surface area contributed by atoms with E-state index < -0.39 is 0 Å². The zero-order chi connectivity index (χ0) is 23.9. The average Bonchev–Trinajstić information content (AvgIpc) is 3.34. The van der Waals surface area contributed by atoms with Gasteiger partial charge >= 0.3 is 0 Å². The van der Waals surface area contributed by atoms with Crippen LogP contribution in [0.15, 0.2) is 85.1 Å². The number of fused-ring (bicyclic) bond motifs is 4. The highest BCUT2D eigenvalue weighted by Gasteiger charge is 2.26. The molecule has 7 rings (SSSR count). The van der Waals surface area contributed by atoms with Crippen molar-refractivity contribution in [1.29, 1.82) is 0 Å². The number of hydrogen-bond acceptors (Lipinski definition) is 4. The van der Waals surface area contributed by atoms with Gasteiger partial charge in [-0.05, 0) is 66.1 Å². The number of anilines is 1. The zero-order valence-corrected chi connectivity index (χ0v) is 20.2. The molecule has 1 fully saturated rings. The number of H-pyrrole nitrogens is 1. The van der Waals surface area contributed by atoms with Crippen molar-refractivity contribution >= 4 is 27.4 Å². The minimum absolute atomic E-state index is 0.776. The Kier molecular flexibility index (Phi) is 5.29. The second-order valence-corrected chi connectivity index (χ2v) is 9.75. The summed E-state index contributed by atoms with van der Waals surface area (Å²) >= 11 is 0. The van der Waals surface area contributed by atoms with Crippen LogP contribution < -0.4 is 14.4 Å². The quantitative estimate of drug-likeness (QED) is 0.292. The molecule has 180 valence electrons. The van der Waals surface area contributed by atoms with Gasteiger partial charge in [0.1, 0.15) is 0 Å². The molecule has 0 saturated carbocycles. The molecule has 4 aromatic carbocycles. The molecule has 5 nitrogen and oxygen atoms in total. The lowest BCUT2D eigenvalue weighted by molar-refractivity contribution is 0.254. The van der Waals surface area contributed by atoms with Crippen LogP contribution in [0.25, 0.3) is 21.7 Å². The summed E-state index contributed by atoms with van der Waals surface area (Å²) < 4.78 is 12.7. The summed E-state index contributed by atoms with van der Waals surface area (Å²) in [5.41, 5.74) is 3.77. The van der Waals surface area contributed by atoms with Gasteiger partial charge in [-0.1, -0.05) is 48.5 Å². The number of aromatic amines is 1. The zero-order valence-electron chi connectivity index (χ0n) is 20.2. The fraction of sp³-hybridized carbons (Fsp3) is 0.226. The van der Waals surface area contributed by atoms with Crippen LogP contribution in [0.5, 0.6) is 23.0 Å². The number of rotatable bonds is 5. The normalized spacial score (nSPS) is 15.4. The van der Waals surface area contributed by atoms with Crippen molar-refractivity contribution in [2.45, 2.75) is 12.8 Å². The van der Waals surface area contributed by atoms with Crippen molar-refractivity contribution in [3.05, 3.63) is 90.6 Å². The van der Waals surface area contributed by atoms with Crippen LogP contribution in [0.3, 0.4) is 0 Å². The first kappa shape index (κ1) is 21.3. The van der Waals surface area contributed by atoms with Gasteiger partial charge in [-0.2, -0.15) is 0 Å². The highest BCUT2D eigenvalue weighted by atomic mass is 16.6. The van der Waals surface area contributed by atoms with Crippen LogP contribution in [0, 0.1) is 0 Å². The molecule has 5 aromatic rings. The van der Waals surface area contributed by atoms with Crippen LogP contribution >= 0.6 is 0 Å². The van der Waals surface area contributed by atoms with E-state index in [1.807, 2.05) is 12.1 Å². The molecule has 5 heteroatoms. The van der Waals surface area contributed by atoms with Gasteiger partial charge in [0.25, 0.3) is 0 Å². The van der Waals surface area contributed by atoms with Crippen LogP contribution in [-0.2, 0) is 6.42 Å². The largest absolute Gasteiger partial charge is 0.449 e. The maximum absolute atomic E-state index is 6.45. The molecule has 2 aliphatic heterocycles. The third-order valence-electron chi connectivity index (χ3n) is 7.51. The van der Waals surface area contributed by atoms with Crippen LogP contribution in [0.2, 0.25) is 0 Å². The number of aromatic nitrogens is 1. The Morgan fingerprint density at radius 1 is 0.722 bits per heavy atom. The first-order chi connectivity index (χ1) is 17.8. The standard InChI is InChI=1S/C31H29N3O2/c1-2-8-23-20-30-29(19-22(23)7-1)35-28-13-5-12-27(31(28)36-30)34-17-15-33(16-18-34)14-6-9-24-21-32-26-11-4-3-10-25(24)26/h1-5,7-8,10-13,19-21,32H,6,9,14-18H2. The summed E-state index contributed by atoms with van der Waals surface area (Å²) in [6, 6.07) is 27.2. The third kappa shape index (κ3) is 3.86. The number of ether oxygens (including phenoxy) is 2. The molecular formula is C31H29N3O2. The number of nitrogens with zero attached hydrogens (tertiary/aromatic N) is 2. The molecule has 1 aromatic heterocycles. The molecule has 3 heterocycles.